The highest BCUT2D eigenvalue weighted by Crippen LogP contribution is 2.26. The van der Waals surface area contributed by atoms with Crippen LogP contribution in [-0.4, -0.2) is 39.3 Å². The highest BCUT2D eigenvalue weighted by molar-refractivity contribution is 5.83. The molecule has 0 bridgehead atoms. The fourth-order valence-corrected chi connectivity index (χ4v) is 4.11. The Bertz CT molecular complexity index is 1250. The van der Waals surface area contributed by atoms with E-state index < -0.39 is 24.0 Å². The van der Waals surface area contributed by atoms with Crippen LogP contribution in [0.3, 0.4) is 0 Å². The van der Waals surface area contributed by atoms with E-state index in [0.717, 1.165) is 27.8 Å². The predicted molar refractivity (Wildman–Crippen MR) is 136 cm³/mol. The van der Waals surface area contributed by atoms with Gasteiger partial charge in [0.1, 0.15) is 6.04 Å². The Balaban J connectivity index is 1.43. The summed E-state index contributed by atoms with van der Waals surface area (Å²) in [6.07, 6.45) is 3.66. The Morgan fingerprint density at radius 3 is 1.94 bits per heavy atom. The topological polar surface area (TPSA) is 91.6 Å². The summed E-state index contributed by atoms with van der Waals surface area (Å²) in [6, 6.07) is 28.0. The zero-order valence-electron chi connectivity index (χ0n) is 19.2. The number of aliphatic hydroxyl groups excluding tert-OH is 1. The molecule has 0 radical (unpaired) electrons. The van der Waals surface area contributed by atoms with Crippen LogP contribution in [0.1, 0.15) is 18.0 Å². The van der Waals surface area contributed by atoms with Crippen molar-refractivity contribution < 1.29 is 19.8 Å². The van der Waals surface area contributed by atoms with Gasteiger partial charge in [0.15, 0.2) is 0 Å². The molecular formula is C29H28N2O4. The van der Waals surface area contributed by atoms with Crippen molar-refractivity contribution in [3.8, 4) is 22.3 Å². The molecule has 0 aliphatic rings. The molecule has 3 N–H and O–H groups in total. The Labute approximate surface area is 204 Å². The molecule has 1 aromatic heterocycles. The molecule has 6 nitrogen and oxygen atoms in total. The van der Waals surface area contributed by atoms with Crippen LogP contribution in [0.15, 0.2) is 103 Å². The minimum absolute atomic E-state index is 0.231. The number of carbonyl (C=O) groups excluding carboxylic acids is 1. The molecule has 0 aliphatic carbocycles. The molecule has 0 fully saturated rings. The fourth-order valence-electron chi connectivity index (χ4n) is 4.11. The monoisotopic (exact) mass is 468 g/mol. The average molecular weight is 469 g/mol. The summed E-state index contributed by atoms with van der Waals surface area (Å²) in [6.45, 7) is -0.231. The molecule has 4 aromatic rings. The summed E-state index contributed by atoms with van der Waals surface area (Å²) in [5.41, 5.74) is 5.04. The van der Waals surface area contributed by atoms with E-state index in [1.54, 1.807) is 17.0 Å². The summed E-state index contributed by atoms with van der Waals surface area (Å²) in [7, 11) is 0. The molecule has 0 saturated carbocycles. The Morgan fingerprint density at radius 1 is 0.771 bits per heavy atom. The van der Waals surface area contributed by atoms with Crippen molar-refractivity contribution in [2.75, 3.05) is 6.61 Å². The highest BCUT2D eigenvalue weighted by atomic mass is 16.4. The van der Waals surface area contributed by atoms with Gasteiger partial charge in [0.2, 0.25) is 5.91 Å². The third kappa shape index (κ3) is 6.25. The summed E-state index contributed by atoms with van der Waals surface area (Å²) in [4.78, 5) is 24.6. The van der Waals surface area contributed by atoms with Gasteiger partial charge in [0, 0.05) is 12.4 Å². The second-order valence-corrected chi connectivity index (χ2v) is 8.49. The van der Waals surface area contributed by atoms with E-state index >= 15 is 0 Å². The molecule has 0 aliphatic heterocycles. The number of nitrogens with zero attached hydrogens (tertiary/aromatic N) is 1. The normalized spacial score (nSPS) is 12.6. The zero-order chi connectivity index (χ0) is 24.6. The number of carboxylic acid groups (broad SMARTS) is 1. The molecule has 3 aromatic carbocycles. The van der Waals surface area contributed by atoms with Gasteiger partial charge in [0.05, 0.1) is 19.1 Å². The minimum atomic E-state index is -1.09. The lowest BCUT2D eigenvalue weighted by Gasteiger charge is -2.19. The number of hydrogen-bond donors (Lipinski definition) is 3. The van der Waals surface area contributed by atoms with Gasteiger partial charge in [-0.1, -0.05) is 84.9 Å². The maximum absolute atomic E-state index is 12.6. The molecular weight excluding hydrogens is 440 g/mol. The van der Waals surface area contributed by atoms with E-state index in [2.05, 4.69) is 17.4 Å². The summed E-state index contributed by atoms with van der Waals surface area (Å²) in [5.74, 6) is -1.51. The lowest BCUT2D eigenvalue weighted by Crippen LogP contribution is -2.40. The average Bonchev–Trinajstić information content (AvgIpc) is 3.38. The number of benzene rings is 3. The largest absolute Gasteiger partial charge is 0.480 e. The van der Waals surface area contributed by atoms with Gasteiger partial charge in [0.25, 0.3) is 0 Å². The second kappa shape index (κ2) is 11.3. The van der Waals surface area contributed by atoms with Crippen LogP contribution >= 0.6 is 0 Å². The van der Waals surface area contributed by atoms with E-state index in [1.807, 2.05) is 78.9 Å². The highest BCUT2D eigenvalue weighted by Gasteiger charge is 2.24. The maximum Gasteiger partial charge on any atom is 0.327 e. The van der Waals surface area contributed by atoms with Crippen LogP contribution in [0.5, 0.6) is 0 Å². The number of aliphatic hydroxyl groups is 1. The summed E-state index contributed by atoms with van der Waals surface area (Å²) in [5, 5.41) is 22.2. The number of nitrogens with one attached hydrogen (secondary N) is 1. The Kier molecular flexibility index (Phi) is 7.75. The number of carbonyl (C=O) groups is 2. The van der Waals surface area contributed by atoms with Crippen LogP contribution in [0.4, 0.5) is 0 Å². The van der Waals surface area contributed by atoms with Crippen molar-refractivity contribution in [3.05, 3.63) is 109 Å². The van der Waals surface area contributed by atoms with Gasteiger partial charge in [-0.2, -0.15) is 0 Å². The van der Waals surface area contributed by atoms with Crippen molar-refractivity contribution in [2.24, 2.45) is 0 Å². The smallest absolute Gasteiger partial charge is 0.327 e. The first-order valence-electron chi connectivity index (χ1n) is 11.5. The number of hydrogen-bond acceptors (Lipinski definition) is 3. The molecule has 0 unspecified atom stereocenters. The lowest BCUT2D eigenvalue weighted by molar-refractivity contribution is -0.143. The number of aliphatic carboxylic acids is 1. The number of amides is 1. The van der Waals surface area contributed by atoms with E-state index in [0.29, 0.717) is 6.42 Å². The van der Waals surface area contributed by atoms with Gasteiger partial charge in [-0.25, -0.2) is 4.79 Å². The summed E-state index contributed by atoms with van der Waals surface area (Å²) < 4.78 is 1.55. The fraction of sp³-hybridized carbons (Fsp3) is 0.172. The van der Waals surface area contributed by atoms with E-state index in [4.69, 9.17) is 0 Å². The first kappa shape index (κ1) is 24.0. The number of aromatic nitrogens is 1. The molecule has 1 amide bonds. The van der Waals surface area contributed by atoms with Crippen LogP contribution in [-0.2, 0) is 16.0 Å². The molecule has 0 spiro atoms. The third-order valence-corrected chi connectivity index (χ3v) is 5.97. The van der Waals surface area contributed by atoms with E-state index in [1.165, 1.54) is 0 Å². The van der Waals surface area contributed by atoms with Crippen LogP contribution in [0.2, 0.25) is 0 Å². The number of carboxylic acids is 1. The first-order valence-corrected chi connectivity index (χ1v) is 11.5. The van der Waals surface area contributed by atoms with Gasteiger partial charge in [-0.3, -0.25) is 4.79 Å². The number of rotatable bonds is 10. The summed E-state index contributed by atoms with van der Waals surface area (Å²) >= 11 is 0. The minimum Gasteiger partial charge on any atom is -0.480 e. The standard InChI is InChI=1S/C29H28N2O4/c32-20-26(17-21-7-3-1-4-8-21)30-28(33)18-27(29(34)35)31-16-15-25(19-31)24-13-11-23(12-14-24)22-9-5-2-6-10-22/h1-16,19,26-27,32H,17-18,20H2,(H,30,33)(H,34,35)/t26-,27+/m0/s1. The van der Waals surface area contributed by atoms with Crippen molar-refractivity contribution in [3.63, 3.8) is 0 Å². The Morgan fingerprint density at radius 2 is 1.34 bits per heavy atom. The van der Waals surface area contributed by atoms with Crippen molar-refractivity contribution in [1.29, 1.82) is 0 Å². The van der Waals surface area contributed by atoms with Gasteiger partial charge in [-0.05, 0) is 40.3 Å². The molecule has 2 atom stereocenters. The van der Waals surface area contributed by atoms with Crippen LogP contribution in [0, 0.1) is 0 Å². The maximum atomic E-state index is 12.6. The van der Waals surface area contributed by atoms with E-state index in [-0.39, 0.29) is 13.0 Å². The van der Waals surface area contributed by atoms with E-state index in [9.17, 15) is 19.8 Å². The van der Waals surface area contributed by atoms with Crippen molar-refractivity contribution in [1.82, 2.24) is 9.88 Å². The molecule has 178 valence electrons. The van der Waals surface area contributed by atoms with Gasteiger partial charge < -0.3 is 20.1 Å². The molecule has 6 heteroatoms. The third-order valence-electron chi connectivity index (χ3n) is 5.97. The first-order chi connectivity index (χ1) is 17.0. The van der Waals surface area contributed by atoms with Crippen molar-refractivity contribution >= 4 is 11.9 Å². The molecule has 1 heterocycles. The predicted octanol–water partition coefficient (Wildman–Crippen LogP) is 4.56. The molecule has 0 saturated heterocycles. The van der Waals surface area contributed by atoms with Crippen molar-refractivity contribution in [2.45, 2.75) is 24.9 Å². The lowest BCUT2D eigenvalue weighted by atomic mass is 10.0. The molecule has 35 heavy (non-hydrogen) atoms. The van der Waals surface area contributed by atoms with Gasteiger partial charge in [-0.15, -0.1) is 0 Å². The second-order valence-electron chi connectivity index (χ2n) is 8.49. The quantitative estimate of drug-likeness (QED) is 0.318. The van der Waals surface area contributed by atoms with Crippen LogP contribution < -0.4 is 5.32 Å². The zero-order valence-corrected chi connectivity index (χ0v) is 19.2. The Hall–Kier alpha value is -4.16. The van der Waals surface area contributed by atoms with Gasteiger partial charge >= 0.3 is 5.97 Å². The SMILES string of the molecule is O=C(C[C@H](C(=O)O)n1ccc(-c2ccc(-c3ccccc3)cc2)c1)N[C@H](CO)Cc1ccccc1. The van der Waals surface area contributed by atoms with Crippen LogP contribution in [0.25, 0.3) is 22.3 Å². The molecule has 4 rings (SSSR count).